The molecule has 1 atom stereocenters. The van der Waals surface area contributed by atoms with E-state index in [1.54, 1.807) is 6.07 Å². The summed E-state index contributed by atoms with van der Waals surface area (Å²) in [5.74, 6) is -0.276. The van der Waals surface area contributed by atoms with Gasteiger partial charge in [0.2, 0.25) is 0 Å². The molecule has 20 heavy (non-hydrogen) atoms. The number of halogens is 2. The summed E-state index contributed by atoms with van der Waals surface area (Å²) < 4.78 is 13.1. The van der Waals surface area contributed by atoms with Crippen molar-refractivity contribution in [3.05, 3.63) is 34.6 Å². The Kier molecular flexibility index (Phi) is 5.05. The fourth-order valence-corrected chi connectivity index (χ4v) is 2.99. The predicted molar refractivity (Wildman–Crippen MR) is 82.6 cm³/mol. The summed E-state index contributed by atoms with van der Waals surface area (Å²) in [6.45, 7) is 9.43. The minimum atomic E-state index is -0.276. The molecule has 1 aliphatic heterocycles. The van der Waals surface area contributed by atoms with E-state index in [1.165, 1.54) is 25.0 Å². The van der Waals surface area contributed by atoms with Crippen LogP contribution in [-0.4, -0.2) is 29.6 Å². The molecule has 1 aliphatic rings. The number of hydrogen-bond donors (Lipinski definition) is 1. The summed E-state index contributed by atoms with van der Waals surface area (Å²) >= 11 is 6.16. The van der Waals surface area contributed by atoms with Crippen molar-refractivity contribution in [1.29, 1.82) is 0 Å². The monoisotopic (exact) mass is 298 g/mol. The van der Waals surface area contributed by atoms with Crippen molar-refractivity contribution >= 4 is 11.6 Å². The number of nitrogens with zero attached hydrogens (tertiary/aromatic N) is 1. The fraction of sp³-hybridized carbons (Fsp3) is 0.625. The standard InChI is InChI=1S/C16H24ClFN2/c1-4-5-14-10-20(16(2,3)11-19-14)9-12-6-7-13(18)8-15(12)17/h6-8,14,19H,4-5,9-11H2,1-3H3. The van der Waals surface area contributed by atoms with Gasteiger partial charge in [0.05, 0.1) is 0 Å². The molecule has 1 fully saturated rings. The van der Waals surface area contributed by atoms with Gasteiger partial charge in [-0.2, -0.15) is 0 Å². The molecule has 0 amide bonds. The average Bonchev–Trinajstić information content (AvgIpc) is 2.37. The van der Waals surface area contributed by atoms with Crippen molar-refractivity contribution < 1.29 is 4.39 Å². The molecule has 4 heteroatoms. The Morgan fingerprint density at radius 3 is 2.85 bits per heavy atom. The lowest BCUT2D eigenvalue weighted by atomic mass is 9.95. The molecule has 0 radical (unpaired) electrons. The Bertz CT molecular complexity index is 462. The Hall–Kier alpha value is -0.640. The highest BCUT2D eigenvalue weighted by Gasteiger charge is 2.33. The second kappa shape index (κ2) is 6.42. The zero-order valence-corrected chi connectivity index (χ0v) is 13.3. The van der Waals surface area contributed by atoms with Gasteiger partial charge in [0, 0.05) is 36.2 Å². The molecule has 1 aromatic carbocycles. The first kappa shape index (κ1) is 15.7. The summed E-state index contributed by atoms with van der Waals surface area (Å²) in [7, 11) is 0. The lowest BCUT2D eigenvalue weighted by Crippen LogP contribution is -2.61. The van der Waals surface area contributed by atoms with Gasteiger partial charge in [-0.05, 0) is 38.0 Å². The SMILES string of the molecule is CCCC1CN(Cc2ccc(F)cc2Cl)C(C)(C)CN1. The van der Waals surface area contributed by atoms with Crippen LogP contribution in [0.1, 0.15) is 39.2 Å². The van der Waals surface area contributed by atoms with Gasteiger partial charge >= 0.3 is 0 Å². The molecule has 0 spiro atoms. The molecule has 2 rings (SSSR count). The van der Waals surface area contributed by atoms with Crippen molar-refractivity contribution in [3.63, 3.8) is 0 Å². The molecule has 1 unspecified atom stereocenters. The maximum absolute atomic E-state index is 13.1. The minimum Gasteiger partial charge on any atom is -0.311 e. The molecule has 0 aromatic heterocycles. The molecule has 1 aromatic rings. The first-order valence-electron chi connectivity index (χ1n) is 7.34. The van der Waals surface area contributed by atoms with E-state index >= 15 is 0 Å². The van der Waals surface area contributed by atoms with Crippen molar-refractivity contribution in [2.75, 3.05) is 13.1 Å². The predicted octanol–water partition coefficient (Wildman–Crippen LogP) is 3.83. The lowest BCUT2D eigenvalue weighted by Gasteiger charge is -2.46. The molecule has 0 saturated carbocycles. The van der Waals surface area contributed by atoms with Gasteiger partial charge in [-0.3, -0.25) is 4.90 Å². The highest BCUT2D eigenvalue weighted by atomic mass is 35.5. The normalized spacial score (nSPS) is 22.9. The van der Waals surface area contributed by atoms with Crippen LogP contribution in [0.2, 0.25) is 5.02 Å². The average molecular weight is 299 g/mol. The van der Waals surface area contributed by atoms with Crippen molar-refractivity contribution in [3.8, 4) is 0 Å². The van der Waals surface area contributed by atoms with Crippen molar-refractivity contribution in [2.24, 2.45) is 0 Å². The second-order valence-electron chi connectivity index (χ2n) is 6.30. The molecular weight excluding hydrogens is 275 g/mol. The van der Waals surface area contributed by atoms with E-state index in [4.69, 9.17) is 11.6 Å². The van der Waals surface area contributed by atoms with E-state index in [9.17, 15) is 4.39 Å². The maximum Gasteiger partial charge on any atom is 0.124 e. The van der Waals surface area contributed by atoms with Gasteiger partial charge in [-0.25, -0.2) is 4.39 Å². The molecule has 112 valence electrons. The molecule has 1 N–H and O–H groups in total. The smallest absolute Gasteiger partial charge is 0.124 e. The minimum absolute atomic E-state index is 0.0853. The molecule has 0 bridgehead atoms. The van der Waals surface area contributed by atoms with E-state index in [0.29, 0.717) is 11.1 Å². The van der Waals surface area contributed by atoms with Crippen LogP contribution in [0.15, 0.2) is 18.2 Å². The number of rotatable bonds is 4. The Morgan fingerprint density at radius 2 is 2.20 bits per heavy atom. The quantitative estimate of drug-likeness (QED) is 0.909. The van der Waals surface area contributed by atoms with Gasteiger partial charge in [0.1, 0.15) is 5.82 Å². The van der Waals surface area contributed by atoms with Crippen LogP contribution in [0.4, 0.5) is 4.39 Å². The third-order valence-corrected chi connectivity index (χ3v) is 4.49. The highest BCUT2D eigenvalue weighted by Crippen LogP contribution is 2.26. The van der Waals surface area contributed by atoms with Gasteiger partial charge in [0.25, 0.3) is 0 Å². The van der Waals surface area contributed by atoms with E-state index in [0.717, 1.165) is 25.2 Å². The number of benzene rings is 1. The van der Waals surface area contributed by atoms with Crippen LogP contribution in [-0.2, 0) is 6.54 Å². The number of hydrogen-bond acceptors (Lipinski definition) is 2. The molecule has 2 nitrogen and oxygen atoms in total. The number of nitrogens with one attached hydrogen (secondary N) is 1. The topological polar surface area (TPSA) is 15.3 Å². The van der Waals surface area contributed by atoms with Gasteiger partial charge in [-0.15, -0.1) is 0 Å². The largest absolute Gasteiger partial charge is 0.311 e. The van der Waals surface area contributed by atoms with E-state index in [-0.39, 0.29) is 11.4 Å². The molecule has 0 aliphatic carbocycles. The Balaban J connectivity index is 2.11. The van der Waals surface area contributed by atoms with Crippen LogP contribution in [0, 0.1) is 5.82 Å². The summed E-state index contributed by atoms with van der Waals surface area (Å²) in [5, 5.41) is 4.13. The maximum atomic E-state index is 13.1. The third kappa shape index (κ3) is 3.72. The fourth-order valence-electron chi connectivity index (χ4n) is 2.76. The van der Waals surface area contributed by atoms with Crippen LogP contribution in [0.25, 0.3) is 0 Å². The zero-order chi connectivity index (χ0) is 14.8. The summed E-state index contributed by atoms with van der Waals surface area (Å²) in [5.41, 5.74) is 1.08. The van der Waals surface area contributed by atoms with E-state index < -0.39 is 0 Å². The van der Waals surface area contributed by atoms with E-state index in [2.05, 4.69) is 31.0 Å². The van der Waals surface area contributed by atoms with E-state index in [1.807, 2.05) is 0 Å². The molecule has 1 heterocycles. The molecule has 1 saturated heterocycles. The van der Waals surface area contributed by atoms with Crippen molar-refractivity contribution in [1.82, 2.24) is 10.2 Å². The summed E-state index contributed by atoms with van der Waals surface area (Å²) in [4.78, 5) is 2.45. The van der Waals surface area contributed by atoms with Gasteiger partial charge < -0.3 is 5.32 Å². The lowest BCUT2D eigenvalue weighted by molar-refractivity contribution is 0.0564. The van der Waals surface area contributed by atoms with Gasteiger partial charge in [-0.1, -0.05) is 31.0 Å². The third-order valence-electron chi connectivity index (χ3n) is 4.13. The van der Waals surface area contributed by atoms with Crippen molar-refractivity contribution in [2.45, 2.75) is 51.7 Å². The summed E-state index contributed by atoms with van der Waals surface area (Å²) in [6.07, 6.45) is 2.37. The van der Waals surface area contributed by atoms with Crippen LogP contribution in [0.3, 0.4) is 0 Å². The first-order chi connectivity index (χ1) is 9.42. The highest BCUT2D eigenvalue weighted by molar-refractivity contribution is 6.31. The summed E-state index contributed by atoms with van der Waals surface area (Å²) in [6, 6.07) is 5.22. The van der Waals surface area contributed by atoms with Crippen LogP contribution >= 0.6 is 11.6 Å². The van der Waals surface area contributed by atoms with Crippen LogP contribution in [0.5, 0.6) is 0 Å². The Labute approximate surface area is 126 Å². The Morgan fingerprint density at radius 1 is 1.45 bits per heavy atom. The van der Waals surface area contributed by atoms with Crippen LogP contribution < -0.4 is 5.32 Å². The second-order valence-corrected chi connectivity index (χ2v) is 6.70. The molecular formula is C16H24ClFN2. The first-order valence-corrected chi connectivity index (χ1v) is 7.72. The van der Waals surface area contributed by atoms with Gasteiger partial charge in [0.15, 0.2) is 0 Å². The zero-order valence-electron chi connectivity index (χ0n) is 12.5. The number of piperazine rings is 1.